The predicted octanol–water partition coefficient (Wildman–Crippen LogP) is 3.95. The Morgan fingerprint density at radius 1 is 1.28 bits per heavy atom. The van der Waals surface area contributed by atoms with Crippen LogP contribution in [0.15, 0.2) is 22.9 Å². The number of aryl methyl sites for hydroxylation is 1. The zero-order valence-corrected chi connectivity index (χ0v) is 14.7. The summed E-state index contributed by atoms with van der Waals surface area (Å²) in [6.07, 6.45) is 5.11. The van der Waals surface area contributed by atoms with E-state index in [1.165, 1.54) is 13.3 Å². The summed E-state index contributed by atoms with van der Waals surface area (Å²) >= 11 is 0. The van der Waals surface area contributed by atoms with E-state index < -0.39 is 5.41 Å². The molecule has 0 atom stereocenters. The number of ether oxygens (including phenoxy) is 1. The Kier molecular flexibility index (Phi) is 3.56. The Morgan fingerprint density at radius 2 is 2.04 bits per heavy atom. The number of nitrogens with zero attached hydrogens (tertiary/aromatic N) is 1. The summed E-state index contributed by atoms with van der Waals surface area (Å²) in [5.74, 6) is 1.15. The van der Waals surface area contributed by atoms with Gasteiger partial charge in [0.05, 0.1) is 30.0 Å². The highest BCUT2D eigenvalue weighted by atomic mass is 16.5. The summed E-state index contributed by atoms with van der Waals surface area (Å²) in [5, 5.41) is 3.81. The van der Waals surface area contributed by atoms with E-state index in [1.54, 1.807) is 6.07 Å². The molecule has 1 saturated carbocycles. The third-order valence-corrected chi connectivity index (χ3v) is 5.34. The molecule has 2 aromatic rings. The summed E-state index contributed by atoms with van der Waals surface area (Å²) < 4.78 is 10.8. The van der Waals surface area contributed by atoms with E-state index in [9.17, 15) is 9.59 Å². The van der Waals surface area contributed by atoms with E-state index in [4.69, 9.17) is 9.26 Å². The van der Waals surface area contributed by atoms with E-state index in [-0.39, 0.29) is 17.5 Å². The van der Waals surface area contributed by atoms with Crippen LogP contribution in [0, 0.1) is 5.41 Å². The average molecular weight is 339 g/mol. The first-order valence-corrected chi connectivity index (χ1v) is 8.68. The van der Waals surface area contributed by atoms with Gasteiger partial charge in [0.15, 0.2) is 11.5 Å². The van der Waals surface area contributed by atoms with Gasteiger partial charge >= 0.3 is 0 Å². The number of aromatic nitrogens is 1. The van der Waals surface area contributed by atoms with Crippen LogP contribution >= 0.6 is 0 Å². The van der Waals surface area contributed by atoms with Gasteiger partial charge in [-0.25, -0.2) is 0 Å². The number of methoxy groups -OCH3 is 1. The molecule has 0 radical (unpaired) electrons. The van der Waals surface area contributed by atoms with E-state index in [0.29, 0.717) is 28.2 Å². The molecule has 0 bridgehead atoms. The molecule has 0 amide bonds. The number of ketones is 2. The molecule has 0 unspecified atom stereocenters. The van der Waals surface area contributed by atoms with Crippen LogP contribution in [0.5, 0.6) is 5.75 Å². The number of Topliss-reactive ketones (excluding diaryl/α,β-unsaturated/α-hetero) is 1. The van der Waals surface area contributed by atoms with Gasteiger partial charge in [-0.05, 0) is 37.3 Å². The number of hydrogen-bond donors (Lipinski definition) is 0. The lowest BCUT2D eigenvalue weighted by molar-refractivity contribution is 0.0807. The van der Waals surface area contributed by atoms with Gasteiger partial charge < -0.3 is 9.26 Å². The number of fused-ring (bicyclic) bond motifs is 1. The van der Waals surface area contributed by atoms with Crippen LogP contribution in [0.2, 0.25) is 0 Å². The van der Waals surface area contributed by atoms with Crippen molar-refractivity contribution >= 4 is 11.6 Å². The van der Waals surface area contributed by atoms with Crippen molar-refractivity contribution in [2.75, 3.05) is 7.11 Å². The van der Waals surface area contributed by atoms with E-state index in [0.717, 1.165) is 31.2 Å². The van der Waals surface area contributed by atoms with Crippen LogP contribution in [-0.2, 0) is 6.42 Å². The first kappa shape index (κ1) is 16.1. The molecule has 0 saturated heterocycles. The fourth-order valence-electron chi connectivity index (χ4n) is 3.57. The Labute approximate surface area is 146 Å². The summed E-state index contributed by atoms with van der Waals surface area (Å²) in [6, 6.07) is 3.64. The van der Waals surface area contributed by atoms with Gasteiger partial charge in [-0.3, -0.25) is 9.59 Å². The SMILES string of the molecule is COc1c(C(=O)c2cnoc2C2CC2)ccc2c1C(=O)C(C)(C)CC2. The van der Waals surface area contributed by atoms with Crippen LogP contribution in [0.1, 0.15) is 76.6 Å². The maximum Gasteiger partial charge on any atom is 0.201 e. The van der Waals surface area contributed by atoms with Crippen molar-refractivity contribution in [2.24, 2.45) is 5.41 Å². The molecule has 0 spiro atoms. The van der Waals surface area contributed by atoms with Gasteiger partial charge in [0, 0.05) is 11.3 Å². The molecule has 1 aromatic carbocycles. The number of hydrogen-bond acceptors (Lipinski definition) is 5. The molecule has 1 aromatic heterocycles. The Bertz CT molecular complexity index is 874. The van der Waals surface area contributed by atoms with E-state index in [1.807, 2.05) is 19.9 Å². The zero-order chi connectivity index (χ0) is 17.8. The third kappa shape index (κ3) is 2.49. The Morgan fingerprint density at radius 3 is 2.72 bits per heavy atom. The topological polar surface area (TPSA) is 69.4 Å². The van der Waals surface area contributed by atoms with Crippen LogP contribution < -0.4 is 4.74 Å². The molecule has 130 valence electrons. The van der Waals surface area contributed by atoms with Crippen molar-refractivity contribution < 1.29 is 18.8 Å². The fourth-order valence-corrected chi connectivity index (χ4v) is 3.57. The number of carbonyl (C=O) groups excluding carboxylic acids is 2. The maximum atomic E-state index is 13.1. The lowest BCUT2D eigenvalue weighted by Crippen LogP contribution is -2.31. The molecule has 5 nitrogen and oxygen atoms in total. The number of benzene rings is 1. The highest BCUT2D eigenvalue weighted by molar-refractivity contribution is 6.14. The van der Waals surface area contributed by atoms with E-state index in [2.05, 4.69) is 5.16 Å². The highest BCUT2D eigenvalue weighted by Gasteiger charge is 2.39. The standard InChI is InChI=1S/C20H21NO4/c1-20(2)9-8-11-6-7-13(18(24-3)15(11)19(20)23)16(22)14-10-21-25-17(14)12-4-5-12/h6-7,10,12H,4-5,8-9H2,1-3H3. The minimum absolute atomic E-state index is 0.0352. The quantitative estimate of drug-likeness (QED) is 0.789. The highest BCUT2D eigenvalue weighted by Crippen LogP contribution is 2.44. The van der Waals surface area contributed by atoms with Crippen molar-refractivity contribution in [1.29, 1.82) is 0 Å². The second-order valence-electron chi connectivity index (χ2n) is 7.60. The molecule has 2 aliphatic carbocycles. The Hall–Kier alpha value is -2.43. The second-order valence-corrected chi connectivity index (χ2v) is 7.60. The summed E-state index contributed by atoms with van der Waals surface area (Å²) in [7, 11) is 1.51. The van der Waals surface area contributed by atoms with Crippen molar-refractivity contribution in [3.05, 3.63) is 46.3 Å². The molecule has 1 heterocycles. The number of rotatable bonds is 4. The van der Waals surface area contributed by atoms with Crippen molar-refractivity contribution in [3.8, 4) is 5.75 Å². The van der Waals surface area contributed by atoms with Crippen LogP contribution in [0.3, 0.4) is 0 Å². The van der Waals surface area contributed by atoms with Crippen LogP contribution in [0.4, 0.5) is 0 Å². The molecular formula is C20H21NO4. The van der Waals surface area contributed by atoms with Crippen molar-refractivity contribution in [3.63, 3.8) is 0 Å². The summed E-state index contributed by atoms with van der Waals surface area (Å²) in [4.78, 5) is 26.0. The minimum Gasteiger partial charge on any atom is -0.495 e. The van der Waals surface area contributed by atoms with Crippen LogP contribution in [0.25, 0.3) is 0 Å². The van der Waals surface area contributed by atoms with Gasteiger partial charge in [0.1, 0.15) is 5.75 Å². The van der Waals surface area contributed by atoms with Gasteiger partial charge in [-0.2, -0.15) is 0 Å². The predicted molar refractivity (Wildman–Crippen MR) is 91.3 cm³/mol. The Balaban J connectivity index is 1.83. The lowest BCUT2D eigenvalue weighted by atomic mass is 9.72. The van der Waals surface area contributed by atoms with Gasteiger partial charge in [0.2, 0.25) is 5.78 Å². The molecule has 0 N–H and O–H groups in total. The van der Waals surface area contributed by atoms with Crippen molar-refractivity contribution in [1.82, 2.24) is 5.16 Å². The average Bonchev–Trinajstić information content (AvgIpc) is 3.33. The molecule has 5 heteroatoms. The van der Waals surface area contributed by atoms with Crippen molar-refractivity contribution in [2.45, 2.75) is 45.4 Å². The fraction of sp³-hybridized carbons (Fsp3) is 0.450. The molecule has 1 fully saturated rings. The van der Waals surface area contributed by atoms with E-state index >= 15 is 0 Å². The van der Waals surface area contributed by atoms with Gasteiger partial charge in [0.25, 0.3) is 0 Å². The normalized spacial score (nSPS) is 18.8. The molecular weight excluding hydrogens is 318 g/mol. The largest absolute Gasteiger partial charge is 0.495 e. The number of carbonyl (C=O) groups is 2. The minimum atomic E-state index is -0.446. The van der Waals surface area contributed by atoms with Crippen LogP contribution in [-0.4, -0.2) is 23.8 Å². The lowest BCUT2D eigenvalue weighted by Gasteiger charge is -2.31. The molecule has 4 rings (SSSR count). The summed E-state index contributed by atoms with van der Waals surface area (Å²) in [5.41, 5.74) is 1.93. The monoisotopic (exact) mass is 339 g/mol. The smallest absolute Gasteiger partial charge is 0.201 e. The first-order chi connectivity index (χ1) is 11.9. The second kappa shape index (κ2) is 5.55. The van der Waals surface area contributed by atoms with Gasteiger partial charge in [-0.15, -0.1) is 0 Å². The first-order valence-electron chi connectivity index (χ1n) is 8.68. The molecule has 2 aliphatic rings. The summed E-state index contributed by atoms with van der Waals surface area (Å²) in [6.45, 7) is 3.88. The third-order valence-electron chi connectivity index (χ3n) is 5.34. The molecule has 25 heavy (non-hydrogen) atoms. The zero-order valence-electron chi connectivity index (χ0n) is 14.7. The molecule has 0 aliphatic heterocycles. The maximum absolute atomic E-state index is 13.1. The van der Waals surface area contributed by atoms with Gasteiger partial charge in [-0.1, -0.05) is 25.1 Å².